The third-order valence-corrected chi connectivity index (χ3v) is 26.3. The molecule has 7 aliphatic carbocycles. The summed E-state index contributed by atoms with van der Waals surface area (Å²) in [5, 5.41) is 121. The van der Waals surface area contributed by atoms with Crippen LogP contribution in [0.25, 0.3) is 0 Å². The van der Waals surface area contributed by atoms with Gasteiger partial charge >= 0.3 is 5.97 Å². The minimum atomic E-state index is -1.73. The van der Waals surface area contributed by atoms with Gasteiger partial charge in [0.1, 0.15) is 30.4 Å². The van der Waals surface area contributed by atoms with Gasteiger partial charge < -0.3 is 98.1 Å². The molecule has 2 aromatic heterocycles. The number of aromatic amines is 2. The Morgan fingerprint density at radius 3 is 2.38 bits per heavy atom. The van der Waals surface area contributed by atoms with Crippen LogP contribution in [0.4, 0.5) is 5.82 Å². The fourth-order valence-corrected chi connectivity index (χ4v) is 21.9. The number of carbonyl (C=O) groups excluding carboxylic acids is 1. The molecule has 19 N–H and O–H groups in total. The summed E-state index contributed by atoms with van der Waals surface area (Å²) in [6, 6.07) is -0.889. The number of carboxylic acid groups (broad SMARTS) is 1. The second-order valence-electron chi connectivity index (χ2n) is 29.6. The number of carbonyl (C=O) groups is 2. The van der Waals surface area contributed by atoms with E-state index in [1.807, 2.05) is 13.0 Å². The molecule has 12 rings (SSSR count). The molecule has 5 saturated carbocycles. The number of nitrogens with two attached hydrogens (primary N) is 2. The van der Waals surface area contributed by atoms with E-state index in [0.29, 0.717) is 88.9 Å². The van der Waals surface area contributed by atoms with Crippen molar-refractivity contribution in [2.45, 2.75) is 166 Å². The molecule has 2 aromatic rings. The molecule has 5 heterocycles. The lowest BCUT2D eigenvalue weighted by Crippen LogP contribution is -2.75. The maximum absolute atomic E-state index is 15.6. The summed E-state index contributed by atoms with van der Waals surface area (Å²) in [7, 11) is 1.57. The number of fused-ring (bicyclic) bond motifs is 13. The molecule has 7 fully saturated rings. The number of nitrogens with zero attached hydrogens (tertiary/aromatic N) is 3. The van der Waals surface area contributed by atoms with Crippen LogP contribution >= 0.6 is 0 Å². The molecule has 1 spiro atoms. The molecular formula is C63H97N11O13. The SMILES string of the molecule is CN=C(N)NCCNCC(C(N)O)C(O)C1(c2cnc[nH]2)C=CC(C2C(O)C(OC3OCC(O)C(O)C3O)C(C)(CO)C3CCC4(C)C(CC=C5C6CC(C)(CO)CCC6(C(=O)O)C6CNc7nc[nH]c7CC6C54C)C23C)C2C1NC(=O)C21CCCC1. The van der Waals surface area contributed by atoms with E-state index in [0.717, 1.165) is 24.1 Å². The Hall–Kier alpha value is -4.57. The predicted octanol–water partition coefficient (Wildman–Crippen LogP) is 0.582. The maximum atomic E-state index is 15.6. The first-order chi connectivity index (χ1) is 41.3. The van der Waals surface area contributed by atoms with Crippen LogP contribution in [0.15, 0.2) is 47.6 Å². The molecule has 25 atom stereocenters. The second-order valence-corrected chi connectivity index (χ2v) is 29.6. The van der Waals surface area contributed by atoms with Crippen molar-refractivity contribution in [1.82, 2.24) is 35.9 Å². The fourth-order valence-electron chi connectivity index (χ4n) is 21.9. The number of rotatable bonds is 15. The van der Waals surface area contributed by atoms with Gasteiger partial charge in [0.25, 0.3) is 0 Å². The third-order valence-electron chi connectivity index (χ3n) is 26.3. The smallest absolute Gasteiger partial charge is 0.310 e. The quantitative estimate of drug-likeness (QED) is 0.0290. The third kappa shape index (κ3) is 8.81. The molecule has 2 saturated heterocycles. The first-order valence-electron chi connectivity index (χ1n) is 32.0. The summed E-state index contributed by atoms with van der Waals surface area (Å²) in [6.45, 7) is 11.3. The molecule has 24 heteroatoms. The average Bonchev–Trinajstić information content (AvgIpc) is 0.806. The molecule has 10 aliphatic rings. The number of amides is 1. The minimum Gasteiger partial charge on any atom is -0.481 e. The van der Waals surface area contributed by atoms with E-state index >= 15 is 4.79 Å². The highest BCUT2D eigenvalue weighted by Gasteiger charge is 2.79. The number of aliphatic carboxylic acids is 1. The largest absolute Gasteiger partial charge is 0.481 e. The Kier molecular flexibility index (Phi) is 16.1. The van der Waals surface area contributed by atoms with Gasteiger partial charge in [0, 0.05) is 69.0 Å². The monoisotopic (exact) mass is 1220 g/mol. The van der Waals surface area contributed by atoms with Gasteiger partial charge in [-0.25, -0.2) is 9.97 Å². The first-order valence-corrected chi connectivity index (χ1v) is 32.0. The average molecular weight is 1220 g/mol. The second kappa shape index (κ2) is 22.4. The van der Waals surface area contributed by atoms with Crippen LogP contribution in [0.2, 0.25) is 0 Å². The molecule has 1 amide bonds. The Bertz CT molecular complexity index is 2980. The number of hydrogen-bond donors (Lipinski definition) is 17. The molecule has 0 aromatic carbocycles. The van der Waals surface area contributed by atoms with E-state index in [1.54, 1.807) is 19.6 Å². The fraction of sp³-hybridized carbons (Fsp3) is 0.794. The van der Waals surface area contributed by atoms with Gasteiger partial charge in [-0.1, -0.05) is 71.3 Å². The molecule has 87 heavy (non-hydrogen) atoms. The number of aliphatic hydroxyl groups is 8. The number of aliphatic imine (C=N–C) groups is 1. The number of H-pyrrole nitrogens is 2. The lowest BCUT2D eigenvalue weighted by atomic mass is 9.28. The number of ether oxygens (including phenoxy) is 2. The highest BCUT2D eigenvalue weighted by atomic mass is 16.7. The van der Waals surface area contributed by atoms with Gasteiger partial charge in [0.2, 0.25) is 5.91 Å². The Labute approximate surface area is 508 Å². The molecular weight excluding hydrogens is 1120 g/mol. The number of hydrogen-bond acceptors (Lipinski definition) is 18. The van der Waals surface area contributed by atoms with Crippen LogP contribution in [0.3, 0.4) is 0 Å². The first kappa shape index (κ1) is 62.6. The van der Waals surface area contributed by atoms with Crippen LogP contribution in [0.5, 0.6) is 0 Å². The molecule has 3 aliphatic heterocycles. The summed E-state index contributed by atoms with van der Waals surface area (Å²) in [5.74, 6) is -5.02. The van der Waals surface area contributed by atoms with Crippen LogP contribution < -0.4 is 32.7 Å². The van der Waals surface area contributed by atoms with E-state index in [1.165, 1.54) is 6.33 Å². The van der Waals surface area contributed by atoms with Crippen LogP contribution in [0.1, 0.15) is 110 Å². The highest BCUT2D eigenvalue weighted by molar-refractivity contribution is 5.87. The Morgan fingerprint density at radius 2 is 1.70 bits per heavy atom. The van der Waals surface area contributed by atoms with Gasteiger partial charge in [0.05, 0.1) is 72.2 Å². The van der Waals surface area contributed by atoms with Gasteiger partial charge in [-0.3, -0.25) is 14.6 Å². The number of imidazole rings is 2. The van der Waals surface area contributed by atoms with Crippen LogP contribution in [-0.2, 0) is 30.9 Å². The number of allylic oxidation sites excluding steroid dienone is 3. The van der Waals surface area contributed by atoms with Gasteiger partial charge in [-0.2, -0.15) is 0 Å². The van der Waals surface area contributed by atoms with Crippen molar-refractivity contribution in [2.24, 2.45) is 108 Å². The summed E-state index contributed by atoms with van der Waals surface area (Å²) >= 11 is 0. The molecule has 0 bridgehead atoms. The normalized spacial score (nSPS) is 46.4. The van der Waals surface area contributed by atoms with Gasteiger partial charge in [-0.15, -0.1) is 0 Å². The number of carboxylic acids is 1. The topological polar surface area (TPSA) is 405 Å². The minimum absolute atomic E-state index is 0.0514. The van der Waals surface area contributed by atoms with Crippen LogP contribution in [-0.4, -0.2) is 192 Å². The van der Waals surface area contributed by atoms with Crippen molar-refractivity contribution in [1.29, 1.82) is 0 Å². The zero-order chi connectivity index (χ0) is 62.2. The lowest BCUT2D eigenvalue weighted by molar-refractivity contribution is -0.344. The number of nitrogens with one attached hydrogen (secondary N) is 6. The predicted molar refractivity (Wildman–Crippen MR) is 318 cm³/mol. The molecule has 24 nitrogen and oxygen atoms in total. The highest BCUT2D eigenvalue weighted by Crippen LogP contribution is 2.80. The van der Waals surface area contributed by atoms with E-state index in [9.17, 15) is 50.8 Å². The van der Waals surface area contributed by atoms with E-state index in [-0.39, 0.29) is 49.4 Å². The number of aliphatic hydroxyl groups excluding tert-OH is 8. The summed E-state index contributed by atoms with van der Waals surface area (Å²) in [4.78, 5) is 50.1. The van der Waals surface area contributed by atoms with E-state index in [4.69, 9.17) is 25.9 Å². The van der Waals surface area contributed by atoms with Crippen LogP contribution in [0, 0.1) is 91.2 Å². The van der Waals surface area contributed by atoms with Gasteiger partial charge in [0.15, 0.2) is 12.2 Å². The standard InChI is InChI=1S/C63H97N11O13/c1-56(27-75)17-18-62(54(84)85)35(22-56)33-9-10-40-58(3,60(33,5)34-21-37-51(73-30-71-37)70-24-36(34)62)15-12-39-57(2,28-76)49(87-52-46(80)44(78)38(77)26-86-52)45(79)42(59(39,40)4)31-11-16-63(41-25-68-29-72-41,47-43(31)61(53(83)74-47)13-7-8-14-61)48(81)32(50(64)82)23-67-19-20-69-55(65)66-6/h9,11,16,25,29-32,34-36,38-40,42-50,52,67,70,75-82H,7-8,10,12-15,17-24,26-28,64H2,1-6H3,(H,68,72)(H,71,73)(H,74,83)(H,84,85)(H3,65,66,69). The van der Waals surface area contributed by atoms with Crippen molar-refractivity contribution in [2.75, 3.05) is 58.4 Å². The zero-order valence-corrected chi connectivity index (χ0v) is 51.2. The number of guanidine groups is 1. The Morgan fingerprint density at radius 1 is 0.943 bits per heavy atom. The Balaban J connectivity index is 1.06. The van der Waals surface area contributed by atoms with E-state index < -0.39 is 147 Å². The van der Waals surface area contributed by atoms with Crippen molar-refractivity contribution < 1.29 is 65.0 Å². The van der Waals surface area contributed by atoms with Crippen molar-refractivity contribution in [3.63, 3.8) is 0 Å². The van der Waals surface area contributed by atoms with Gasteiger partial charge in [-0.05, 0) is 121 Å². The molecule has 0 radical (unpaired) electrons. The van der Waals surface area contributed by atoms with E-state index in [2.05, 4.69) is 81.1 Å². The molecule has 25 unspecified atom stereocenters. The number of anilines is 1. The summed E-state index contributed by atoms with van der Waals surface area (Å²) in [5.41, 5.74) is 7.07. The zero-order valence-electron chi connectivity index (χ0n) is 51.2. The maximum Gasteiger partial charge on any atom is 0.310 e. The summed E-state index contributed by atoms with van der Waals surface area (Å²) in [6.07, 6.45) is 5.18. The molecule has 482 valence electrons. The lowest BCUT2D eigenvalue weighted by Gasteiger charge is -2.76. The summed E-state index contributed by atoms with van der Waals surface area (Å²) < 4.78 is 12.9. The van der Waals surface area contributed by atoms with Crippen molar-refractivity contribution in [3.05, 3.63) is 54.0 Å². The van der Waals surface area contributed by atoms with Crippen molar-refractivity contribution in [3.8, 4) is 0 Å². The number of aromatic nitrogens is 4. The van der Waals surface area contributed by atoms with Crippen molar-refractivity contribution >= 4 is 23.7 Å².